The quantitative estimate of drug-likeness (QED) is 0.504. The second-order valence-electron chi connectivity index (χ2n) is 9.13. The van der Waals surface area contributed by atoms with E-state index < -0.39 is 23.2 Å². The number of rotatable bonds is 4. The first-order chi connectivity index (χ1) is 15.5. The minimum absolute atomic E-state index is 0.00645. The molecule has 9 heteroatoms. The third-order valence-corrected chi connectivity index (χ3v) is 6.34. The minimum atomic E-state index is -1.11. The van der Waals surface area contributed by atoms with Gasteiger partial charge in [-0.25, -0.2) is 9.78 Å². The molecule has 1 aliphatic carbocycles. The molecule has 1 saturated carbocycles. The first-order valence-electron chi connectivity index (χ1n) is 10.5. The van der Waals surface area contributed by atoms with Crippen LogP contribution in [0.4, 0.5) is 4.79 Å². The molecule has 4 rings (SSSR count). The van der Waals surface area contributed by atoms with Crippen LogP contribution in [0.3, 0.4) is 0 Å². The fraction of sp³-hybridized carbons (Fsp3) is 0.333. The van der Waals surface area contributed by atoms with E-state index in [0.717, 1.165) is 12.8 Å². The zero-order valence-corrected chi connectivity index (χ0v) is 19.9. The lowest BCUT2D eigenvalue weighted by Crippen LogP contribution is -2.49. The van der Waals surface area contributed by atoms with Gasteiger partial charge in [0.1, 0.15) is 5.82 Å². The van der Waals surface area contributed by atoms with Crippen LogP contribution < -0.4 is 5.56 Å². The zero-order chi connectivity index (χ0) is 24.1. The summed E-state index contributed by atoms with van der Waals surface area (Å²) in [6.07, 6.45) is 0.503. The summed E-state index contributed by atoms with van der Waals surface area (Å²) in [5, 5.41) is 20.1. The number of nitrogens with zero attached hydrogens (tertiary/aromatic N) is 4. The monoisotopic (exact) mass is 484 g/mol. The molecule has 0 spiro atoms. The first-order valence-corrected chi connectivity index (χ1v) is 11.2. The van der Waals surface area contributed by atoms with Crippen molar-refractivity contribution in [1.82, 2.24) is 14.5 Å². The Balaban J connectivity index is 2.14. The van der Waals surface area contributed by atoms with E-state index >= 15 is 0 Å². The van der Waals surface area contributed by atoms with Gasteiger partial charge in [0, 0.05) is 5.54 Å². The number of aromatic nitrogens is 2. The Labute approximate surface area is 200 Å². The molecule has 0 unspecified atom stereocenters. The fourth-order valence-electron chi connectivity index (χ4n) is 4.17. The highest BCUT2D eigenvalue weighted by Crippen LogP contribution is 2.47. The van der Waals surface area contributed by atoms with Gasteiger partial charge in [-0.05, 0) is 69.9 Å². The molecular formula is C24H22Cl2N4O3. The predicted molar refractivity (Wildman–Crippen MR) is 127 cm³/mol. The molecular weight excluding hydrogens is 463 g/mol. The highest BCUT2D eigenvalue weighted by Gasteiger charge is 2.45. The van der Waals surface area contributed by atoms with E-state index in [4.69, 9.17) is 28.2 Å². The van der Waals surface area contributed by atoms with Crippen LogP contribution >= 0.6 is 23.2 Å². The Morgan fingerprint density at radius 1 is 1.24 bits per heavy atom. The molecule has 1 aromatic heterocycles. The molecule has 0 radical (unpaired) electrons. The van der Waals surface area contributed by atoms with E-state index in [1.165, 1.54) is 15.5 Å². The maximum Gasteiger partial charge on any atom is 0.408 e. The Kier molecular flexibility index (Phi) is 5.85. The van der Waals surface area contributed by atoms with Gasteiger partial charge in [0.05, 0.1) is 44.3 Å². The van der Waals surface area contributed by atoms with E-state index in [0.29, 0.717) is 11.3 Å². The summed E-state index contributed by atoms with van der Waals surface area (Å²) in [4.78, 5) is 32.4. The van der Waals surface area contributed by atoms with Crippen LogP contribution in [-0.4, -0.2) is 31.2 Å². The Hall–Kier alpha value is -3.08. The molecule has 0 aliphatic heterocycles. The molecule has 0 saturated heterocycles. The zero-order valence-electron chi connectivity index (χ0n) is 18.3. The molecule has 3 aromatic rings. The molecule has 1 fully saturated rings. The summed E-state index contributed by atoms with van der Waals surface area (Å²) in [5.74, 6) is 0.250. The van der Waals surface area contributed by atoms with Gasteiger partial charge in [0.2, 0.25) is 0 Å². The lowest BCUT2D eigenvalue weighted by atomic mass is 9.99. The van der Waals surface area contributed by atoms with E-state index in [2.05, 4.69) is 6.07 Å². The predicted octanol–water partition coefficient (Wildman–Crippen LogP) is 5.79. The second-order valence-corrected chi connectivity index (χ2v) is 9.95. The lowest BCUT2D eigenvalue weighted by Gasteiger charge is -2.40. The van der Waals surface area contributed by atoms with Gasteiger partial charge in [0.25, 0.3) is 5.56 Å². The van der Waals surface area contributed by atoms with Gasteiger partial charge in [0.15, 0.2) is 0 Å². The Bertz CT molecular complexity index is 1370. The standard InChI is InChI=1S/C24H22Cl2N4O3/c1-24(2,3)30(23(32)33)20(14-7-8-14)21-28-19-17(26)10-9-16(25)18(19)22(31)29(21)15-6-4-5-13(11-15)12-27/h4-6,9-11,14,20H,7-8H2,1-3H3,(H,32,33)/t20-/m0/s1. The SMILES string of the molecule is CC(C)(C)N(C(=O)O)[C@H](c1nc2c(Cl)ccc(Cl)c2c(=O)n1-c1cccc(C#N)c1)C1CC1. The molecule has 170 valence electrons. The van der Waals surface area contributed by atoms with Gasteiger partial charge in [-0.2, -0.15) is 5.26 Å². The maximum absolute atomic E-state index is 13.8. The maximum atomic E-state index is 13.8. The molecule has 2 aromatic carbocycles. The van der Waals surface area contributed by atoms with Crippen LogP contribution in [0.15, 0.2) is 41.2 Å². The van der Waals surface area contributed by atoms with Gasteiger partial charge < -0.3 is 5.11 Å². The van der Waals surface area contributed by atoms with Gasteiger partial charge in [-0.3, -0.25) is 14.3 Å². The lowest BCUT2D eigenvalue weighted by molar-refractivity contribution is 0.0582. The van der Waals surface area contributed by atoms with Crippen molar-refractivity contribution in [3.63, 3.8) is 0 Å². The Morgan fingerprint density at radius 3 is 2.48 bits per heavy atom. The van der Waals surface area contributed by atoms with Crippen LogP contribution in [0.5, 0.6) is 0 Å². The molecule has 1 amide bonds. The van der Waals surface area contributed by atoms with Crippen molar-refractivity contribution in [2.24, 2.45) is 5.92 Å². The fourth-order valence-corrected chi connectivity index (χ4v) is 4.60. The number of amides is 1. The summed E-state index contributed by atoms with van der Waals surface area (Å²) in [5.41, 5.74) is -0.242. The minimum Gasteiger partial charge on any atom is -0.465 e. The van der Waals surface area contributed by atoms with Crippen molar-refractivity contribution < 1.29 is 9.90 Å². The normalized spacial score (nSPS) is 14.7. The summed E-state index contributed by atoms with van der Waals surface area (Å²) in [6.45, 7) is 5.42. The Morgan fingerprint density at radius 2 is 1.91 bits per heavy atom. The summed E-state index contributed by atoms with van der Waals surface area (Å²) < 4.78 is 1.37. The third kappa shape index (κ3) is 4.17. The van der Waals surface area contributed by atoms with Crippen molar-refractivity contribution in [1.29, 1.82) is 5.26 Å². The molecule has 0 bridgehead atoms. The molecule has 33 heavy (non-hydrogen) atoms. The second kappa shape index (κ2) is 8.36. The largest absolute Gasteiger partial charge is 0.465 e. The van der Waals surface area contributed by atoms with Gasteiger partial charge in [-0.15, -0.1) is 0 Å². The smallest absolute Gasteiger partial charge is 0.408 e. The highest BCUT2D eigenvalue weighted by atomic mass is 35.5. The number of hydrogen-bond donors (Lipinski definition) is 1. The molecule has 1 aliphatic rings. The van der Waals surface area contributed by atoms with Crippen LogP contribution in [0.25, 0.3) is 16.6 Å². The number of carbonyl (C=O) groups is 1. The molecule has 1 atom stereocenters. The van der Waals surface area contributed by atoms with E-state index in [1.54, 1.807) is 51.1 Å². The first kappa shape index (κ1) is 23.1. The average molecular weight is 485 g/mol. The highest BCUT2D eigenvalue weighted by molar-refractivity contribution is 6.39. The van der Waals surface area contributed by atoms with Crippen molar-refractivity contribution in [2.45, 2.75) is 45.2 Å². The van der Waals surface area contributed by atoms with Crippen LogP contribution in [0.1, 0.15) is 51.0 Å². The topological polar surface area (TPSA) is 99.2 Å². The number of carboxylic acid groups (broad SMARTS) is 1. The average Bonchev–Trinajstić information content (AvgIpc) is 3.58. The molecule has 1 heterocycles. The number of halogens is 2. The van der Waals surface area contributed by atoms with Crippen molar-refractivity contribution >= 4 is 40.2 Å². The van der Waals surface area contributed by atoms with Crippen molar-refractivity contribution in [3.05, 3.63) is 68.2 Å². The van der Waals surface area contributed by atoms with E-state index in [-0.39, 0.29) is 32.7 Å². The van der Waals surface area contributed by atoms with Gasteiger partial charge >= 0.3 is 6.09 Å². The third-order valence-electron chi connectivity index (χ3n) is 5.72. The summed E-state index contributed by atoms with van der Waals surface area (Å²) in [7, 11) is 0. The van der Waals surface area contributed by atoms with Crippen molar-refractivity contribution in [2.75, 3.05) is 0 Å². The van der Waals surface area contributed by atoms with E-state index in [9.17, 15) is 20.0 Å². The summed E-state index contributed by atoms with van der Waals surface area (Å²) in [6, 6.07) is 11.0. The summed E-state index contributed by atoms with van der Waals surface area (Å²) >= 11 is 12.8. The van der Waals surface area contributed by atoms with Crippen molar-refractivity contribution in [3.8, 4) is 11.8 Å². The van der Waals surface area contributed by atoms with Gasteiger partial charge in [-0.1, -0.05) is 29.3 Å². The van der Waals surface area contributed by atoms with Crippen LogP contribution in [0, 0.1) is 17.2 Å². The number of benzene rings is 2. The number of fused-ring (bicyclic) bond motifs is 1. The number of nitriles is 1. The van der Waals surface area contributed by atoms with E-state index in [1.807, 2.05) is 0 Å². The molecule has 7 nitrogen and oxygen atoms in total. The number of hydrogen-bond acceptors (Lipinski definition) is 4. The molecule has 1 N–H and O–H groups in total. The van der Waals surface area contributed by atoms with Crippen LogP contribution in [-0.2, 0) is 0 Å². The van der Waals surface area contributed by atoms with Crippen LogP contribution in [0.2, 0.25) is 10.0 Å².